The highest BCUT2D eigenvalue weighted by Crippen LogP contribution is 2.37. The van der Waals surface area contributed by atoms with Crippen molar-refractivity contribution < 1.29 is 44.7 Å². The minimum Gasteiger partial charge on any atom is -0.472 e. The van der Waals surface area contributed by atoms with Crippen molar-refractivity contribution in [2.24, 2.45) is 0 Å². The second kappa shape index (κ2) is 10.5. The third-order valence-corrected chi connectivity index (χ3v) is 4.63. The molecular formula is C20H17F8N7O2. The summed E-state index contributed by atoms with van der Waals surface area (Å²) < 4.78 is 108. The van der Waals surface area contributed by atoms with E-state index in [4.69, 9.17) is 0 Å². The van der Waals surface area contributed by atoms with Crippen molar-refractivity contribution in [2.45, 2.75) is 39.2 Å². The van der Waals surface area contributed by atoms with E-state index in [1.807, 2.05) is 0 Å². The van der Waals surface area contributed by atoms with Gasteiger partial charge in [0, 0.05) is 17.4 Å². The minimum absolute atomic E-state index is 0.0837. The summed E-state index contributed by atoms with van der Waals surface area (Å²) in [6.45, 7) is 1.33. The van der Waals surface area contributed by atoms with Crippen LogP contribution in [0.3, 0.4) is 0 Å². The third-order valence-electron chi connectivity index (χ3n) is 4.63. The van der Waals surface area contributed by atoms with Crippen LogP contribution in [-0.4, -0.2) is 44.4 Å². The number of aromatic nitrogens is 5. The van der Waals surface area contributed by atoms with Crippen molar-refractivity contribution in [1.82, 2.24) is 30.7 Å². The first-order valence-corrected chi connectivity index (χ1v) is 10.2. The lowest BCUT2D eigenvalue weighted by molar-refractivity contribution is -0.141. The van der Waals surface area contributed by atoms with Crippen LogP contribution in [0.5, 0.6) is 5.88 Å². The van der Waals surface area contributed by atoms with Crippen LogP contribution in [0.2, 0.25) is 0 Å². The number of carbonyl (C=O) groups is 1. The van der Waals surface area contributed by atoms with Gasteiger partial charge in [0.15, 0.2) is 18.0 Å². The molecule has 0 aliphatic rings. The quantitative estimate of drug-likeness (QED) is 0.369. The summed E-state index contributed by atoms with van der Waals surface area (Å²) in [4.78, 5) is 15.3. The average Bonchev–Trinajstić information content (AvgIpc) is 3.17. The summed E-state index contributed by atoms with van der Waals surface area (Å²) in [6, 6.07) is 1.65. The number of hydrogen-bond acceptors (Lipinski definition) is 6. The van der Waals surface area contributed by atoms with Crippen LogP contribution < -0.4 is 15.4 Å². The van der Waals surface area contributed by atoms with E-state index in [1.54, 1.807) is 0 Å². The minimum atomic E-state index is -4.95. The molecule has 200 valence electrons. The number of halogens is 8. The molecule has 0 atom stereocenters. The molecule has 37 heavy (non-hydrogen) atoms. The number of urea groups is 1. The highest BCUT2D eigenvalue weighted by atomic mass is 19.4. The van der Waals surface area contributed by atoms with E-state index in [2.05, 4.69) is 40.7 Å². The topological polar surface area (TPSA) is 118 Å². The fourth-order valence-corrected chi connectivity index (χ4v) is 3.09. The van der Waals surface area contributed by atoms with Crippen LogP contribution >= 0.6 is 0 Å². The van der Waals surface area contributed by atoms with Gasteiger partial charge in [-0.2, -0.15) is 36.5 Å². The molecule has 17 heteroatoms. The highest BCUT2D eigenvalue weighted by Gasteiger charge is 2.39. The molecule has 0 radical (unpaired) electrons. The van der Waals surface area contributed by atoms with Gasteiger partial charge in [-0.25, -0.2) is 18.6 Å². The summed E-state index contributed by atoms with van der Waals surface area (Å²) in [5, 5.41) is 17.5. The van der Waals surface area contributed by atoms with Crippen molar-refractivity contribution in [1.29, 1.82) is 0 Å². The molecule has 0 aliphatic heterocycles. The normalized spacial score (nSPS) is 12.1. The van der Waals surface area contributed by atoms with Crippen molar-refractivity contribution in [3.63, 3.8) is 0 Å². The zero-order chi connectivity index (χ0) is 27.5. The number of alkyl halides is 8. The molecule has 3 rings (SSSR count). The van der Waals surface area contributed by atoms with Gasteiger partial charge in [-0.3, -0.25) is 5.10 Å². The van der Waals surface area contributed by atoms with Crippen LogP contribution in [0.25, 0.3) is 11.3 Å². The molecule has 0 bridgehead atoms. The Morgan fingerprint density at radius 1 is 1.05 bits per heavy atom. The Labute approximate surface area is 202 Å². The van der Waals surface area contributed by atoms with E-state index in [0.717, 1.165) is 6.07 Å². The van der Waals surface area contributed by atoms with Crippen molar-refractivity contribution in [3.05, 3.63) is 46.5 Å². The first-order chi connectivity index (χ1) is 17.1. The molecule has 3 N–H and O–H groups in total. The maximum atomic E-state index is 13.2. The molecule has 3 aromatic heterocycles. The van der Waals surface area contributed by atoms with E-state index in [1.165, 1.54) is 19.9 Å². The van der Waals surface area contributed by atoms with Gasteiger partial charge in [0.2, 0.25) is 5.88 Å². The molecule has 0 fully saturated rings. The zero-order valence-corrected chi connectivity index (χ0v) is 18.9. The molecule has 0 aliphatic carbocycles. The molecule has 0 aromatic carbocycles. The lowest BCUT2D eigenvalue weighted by Gasteiger charge is -2.13. The van der Waals surface area contributed by atoms with Crippen LogP contribution in [0.1, 0.15) is 28.3 Å². The number of carbonyl (C=O) groups excluding carboxylic acids is 1. The molecule has 0 spiro atoms. The highest BCUT2D eigenvalue weighted by molar-refractivity contribution is 5.89. The van der Waals surface area contributed by atoms with E-state index in [0.29, 0.717) is 6.07 Å². The maximum Gasteiger partial charge on any atom is 0.435 e. The number of ether oxygens (including phenoxy) is 1. The number of nitrogens with zero attached hydrogens (tertiary/aromatic N) is 4. The predicted octanol–water partition coefficient (Wildman–Crippen LogP) is 4.88. The fraction of sp³-hybridized carbons (Fsp3) is 0.350. The number of H-pyrrole nitrogens is 1. The molecule has 0 unspecified atom stereocenters. The summed E-state index contributed by atoms with van der Waals surface area (Å²) in [7, 11) is 0. The molecule has 2 amide bonds. The van der Waals surface area contributed by atoms with E-state index in [9.17, 15) is 39.9 Å². The largest absolute Gasteiger partial charge is 0.472 e. The fourth-order valence-electron chi connectivity index (χ4n) is 3.09. The van der Waals surface area contributed by atoms with Crippen molar-refractivity contribution in [3.8, 4) is 17.1 Å². The molecule has 0 saturated carbocycles. The standard InChI is InChI=1S/C20H17F8N7O2/c1-8-3-11(33-34-16(8)15-9(2)32-35-17(15)20(26,27)28)6-29-18(36)30-10-4-12(19(23,24)25)31-14(5-10)37-7-13(21)22/h3-5,13H,6-7H2,1-2H3,(H,32,35)(H2,29,30,31,36). The smallest absolute Gasteiger partial charge is 0.435 e. The first-order valence-electron chi connectivity index (χ1n) is 10.2. The molecular weight excluding hydrogens is 522 g/mol. The lowest BCUT2D eigenvalue weighted by atomic mass is 10.0. The number of nitrogens with one attached hydrogen (secondary N) is 3. The molecule has 3 heterocycles. The van der Waals surface area contributed by atoms with Gasteiger partial charge in [0.05, 0.1) is 23.5 Å². The molecule has 9 nitrogen and oxygen atoms in total. The zero-order valence-electron chi connectivity index (χ0n) is 18.9. The number of rotatable bonds is 7. The monoisotopic (exact) mass is 539 g/mol. The van der Waals surface area contributed by atoms with E-state index >= 15 is 0 Å². The summed E-state index contributed by atoms with van der Waals surface area (Å²) in [5.41, 5.74) is -2.94. The number of pyridine rings is 1. The SMILES string of the molecule is Cc1cc(CNC(=O)Nc2cc(OCC(F)F)nc(C(F)(F)F)c2)nnc1-c1c(C(F)(F)F)n[nH]c1C. The van der Waals surface area contributed by atoms with Crippen LogP contribution in [0.4, 0.5) is 45.6 Å². The number of aryl methyl sites for hydroxylation is 2. The van der Waals surface area contributed by atoms with Gasteiger partial charge in [-0.15, -0.1) is 5.10 Å². The van der Waals surface area contributed by atoms with Crippen molar-refractivity contribution in [2.75, 3.05) is 11.9 Å². The Hall–Kier alpha value is -4.05. The van der Waals surface area contributed by atoms with Crippen LogP contribution in [-0.2, 0) is 18.9 Å². The summed E-state index contributed by atoms with van der Waals surface area (Å²) >= 11 is 0. The van der Waals surface area contributed by atoms with Gasteiger partial charge in [-0.1, -0.05) is 0 Å². The average molecular weight is 539 g/mol. The van der Waals surface area contributed by atoms with Gasteiger partial charge >= 0.3 is 18.4 Å². The maximum absolute atomic E-state index is 13.2. The van der Waals surface area contributed by atoms with Crippen LogP contribution in [0, 0.1) is 13.8 Å². The third kappa shape index (κ3) is 7.01. The van der Waals surface area contributed by atoms with Gasteiger partial charge in [0.1, 0.15) is 0 Å². The van der Waals surface area contributed by atoms with E-state index < -0.39 is 54.4 Å². The van der Waals surface area contributed by atoms with Crippen LogP contribution in [0.15, 0.2) is 18.2 Å². The lowest BCUT2D eigenvalue weighted by Crippen LogP contribution is -2.29. The number of amides is 2. The second-order valence-corrected chi connectivity index (χ2v) is 7.52. The number of hydrogen-bond donors (Lipinski definition) is 3. The number of anilines is 1. The number of aromatic amines is 1. The van der Waals surface area contributed by atoms with Gasteiger partial charge in [-0.05, 0) is 31.5 Å². The predicted molar refractivity (Wildman–Crippen MR) is 111 cm³/mol. The first kappa shape index (κ1) is 27.5. The Morgan fingerprint density at radius 2 is 1.76 bits per heavy atom. The van der Waals surface area contributed by atoms with Crippen molar-refractivity contribution >= 4 is 11.7 Å². The van der Waals surface area contributed by atoms with E-state index in [-0.39, 0.29) is 34.8 Å². The molecule has 3 aromatic rings. The molecule has 0 saturated heterocycles. The summed E-state index contributed by atoms with van der Waals surface area (Å²) in [6.07, 6.45) is -12.7. The van der Waals surface area contributed by atoms with Gasteiger partial charge in [0.25, 0.3) is 6.43 Å². The van der Waals surface area contributed by atoms with Gasteiger partial charge < -0.3 is 15.4 Å². The second-order valence-electron chi connectivity index (χ2n) is 7.52. The Morgan fingerprint density at radius 3 is 2.35 bits per heavy atom. The summed E-state index contributed by atoms with van der Waals surface area (Å²) in [5.74, 6) is -0.782. The Kier molecular flexibility index (Phi) is 7.83. The Balaban J connectivity index is 1.72. The Bertz CT molecular complexity index is 1270.